The lowest BCUT2D eigenvalue weighted by Gasteiger charge is -2.38. The lowest BCUT2D eigenvalue weighted by Crippen LogP contribution is -2.58. The summed E-state index contributed by atoms with van der Waals surface area (Å²) < 4.78 is 0. The monoisotopic (exact) mass is 755 g/mol. The molecule has 2 saturated heterocycles. The maximum absolute atomic E-state index is 14.2. The van der Waals surface area contributed by atoms with Crippen molar-refractivity contribution in [1.29, 1.82) is 0 Å². The summed E-state index contributed by atoms with van der Waals surface area (Å²) in [5.41, 5.74) is 12.1. The highest BCUT2D eigenvalue weighted by Crippen LogP contribution is 2.32. The molecule has 2 unspecified atom stereocenters. The minimum absolute atomic E-state index is 0.0248. The number of para-hydroxylation sites is 1. The number of benzene rings is 2. The number of aryl methyl sites for hydroxylation is 1. The number of aromatic hydroxyl groups is 1. The molecular formula is C39H49N9O5S. The summed E-state index contributed by atoms with van der Waals surface area (Å²) in [7, 11) is 0. The summed E-state index contributed by atoms with van der Waals surface area (Å²) in [6, 6.07) is 14.7. The molecule has 0 spiro atoms. The lowest BCUT2D eigenvalue weighted by atomic mass is 9.85. The second-order valence-corrected chi connectivity index (χ2v) is 15.9. The number of hydrogen-bond acceptors (Lipinski definition) is 12. The lowest BCUT2D eigenvalue weighted by molar-refractivity contribution is -0.143. The van der Waals surface area contributed by atoms with Crippen LogP contribution in [-0.2, 0) is 14.4 Å². The number of nitrogens with one attached hydrogen (secondary N) is 2. The highest BCUT2D eigenvalue weighted by atomic mass is 32.1. The van der Waals surface area contributed by atoms with Crippen molar-refractivity contribution in [2.24, 2.45) is 5.41 Å². The molecule has 0 aliphatic carbocycles. The third-order valence-electron chi connectivity index (χ3n) is 10.2. The number of nitrogen functional groups attached to an aromatic ring is 1. The fourth-order valence-corrected chi connectivity index (χ4v) is 7.91. The van der Waals surface area contributed by atoms with Crippen LogP contribution in [0.3, 0.4) is 0 Å². The van der Waals surface area contributed by atoms with Gasteiger partial charge in [-0.15, -0.1) is 21.5 Å². The minimum atomic E-state index is -0.856. The number of aromatic nitrogens is 3. The van der Waals surface area contributed by atoms with E-state index in [9.17, 15) is 24.6 Å². The average Bonchev–Trinajstić information content (AvgIpc) is 3.76. The third kappa shape index (κ3) is 8.48. The number of nitrogens with two attached hydrogens (primary N) is 1. The summed E-state index contributed by atoms with van der Waals surface area (Å²) in [5.74, 6) is -0.489. The first-order valence-electron chi connectivity index (χ1n) is 18.2. The van der Waals surface area contributed by atoms with Crippen molar-refractivity contribution in [2.75, 3.05) is 49.9 Å². The Hall–Kier alpha value is -5.12. The number of rotatable bonds is 10. The fraction of sp³-hybridized carbons (Fsp3) is 0.436. The van der Waals surface area contributed by atoms with Crippen LogP contribution in [0.1, 0.15) is 51.4 Å². The van der Waals surface area contributed by atoms with Crippen LogP contribution in [0.4, 0.5) is 11.5 Å². The highest BCUT2D eigenvalue weighted by Gasteiger charge is 2.44. The minimum Gasteiger partial charge on any atom is -0.507 e. The van der Waals surface area contributed by atoms with E-state index in [1.165, 1.54) is 4.90 Å². The molecule has 2 aliphatic heterocycles. The SMILES string of the molecule is Cc1ncsc1-c1ccc(C(C)NC(=O)[C@H]2C[C@H](O)CN2C(=O)C(NCC(=O)N2CCN(c3cc(-c4ccccc4O)nnc3N)CC2)C(C)(C)C)cc1. The first-order valence-corrected chi connectivity index (χ1v) is 19.1. The van der Waals surface area contributed by atoms with E-state index in [1.807, 2.05) is 69.3 Å². The van der Waals surface area contributed by atoms with Crippen LogP contribution in [0.5, 0.6) is 5.75 Å². The molecular weight excluding hydrogens is 707 g/mol. The Balaban J connectivity index is 1.05. The van der Waals surface area contributed by atoms with Gasteiger partial charge in [0.2, 0.25) is 17.7 Å². The van der Waals surface area contributed by atoms with E-state index in [0.717, 1.165) is 21.7 Å². The van der Waals surface area contributed by atoms with Gasteiger partial charge in [-0.1, -0.05) is 57.2 Å². The van der Waals surface area contributed by atoms with Gasteiger partial charge in [-0.05, 0) is 48.6 Å². The van der Waals surface area contributed by atoms with E-state index in [1.54, 1.807) is 46.6 Å². The number of carbonyl (C=O) groups is 3. The summed E-state index contributed by atoms with van der Waals surface area (Å²) in [6.45, 7) is 11.4. The summed E-state index contributed by atoms with van der Waals surface area (Å²) in [4.78, 5) is 52.0. The summed E-state index contributed by atoms with van der Waals surface area (Å²) in [6.07, 6.45) is -0.723. The van der Waals surface area contributed by atoms with E-state index in [2.05, 4.69) is 25.8 Å². The van der Waals surface area contributed by atoms with Gasteiger partial charge in [-0.25, -0.2) is 4.98 Å². The Kier molecular flexibility index (Phi) is 11.5. The average molecular weight is 756 g/mol. The van der Waals surface area contributed by atoms with Crippen LogP contribution in [0.25, 0.3) is 21.7 Å². The Morgan fingerprint density at radius 1 is 1.04 bits per heavy atom. The molecule has 0 saturated carbocycles. The van der Waals surface area contributed by atoms with Crippen LogP contribution >= 0.6 is 11.3 Å². The topological polar surface area (TPSA) is 190 Å². The van der Waals surface area contributed by atoms with E-state index < -0.39 is 23.6 Å². The number of anilines is 2. The van der Waals surface area contributed by atoms with E-state index in [4.69, 9.17) is 5.73 Å². The van der Waals surface area contributed by atoms with Crippen molar-refractivity contribution in [3.8, 4) is 27.4 Å². The van der Waals surface area contributed by atoms with Crippen molar-refractivity contribution in [3.05, 3.63) is 71.4 Å². The molecule has 2 fully saturated rings. The zero-order valence-corrected chi connectivity index (χ0v) is 32.1. The van der Waals surface area contributed by atoms with E-state index in [-0.39, 0.29) is 54.8 Å². The first kappa shape index (κ1) is 38.6. The Labute approximate surface area is 319 Å². The number of amides is 3. The zero-order valence-electron chi connectivity index (χ0n) is 31.3. The molecule has 6 rings (SSSR count). The molecule has 4 heterocycles. The smallest absolute Gasteiger partial charge is 0.243 e. The summed E-state index contributed by atoms with van der Waals surface area (Å²) >= 11 is 1.58. The maximum Gasteiger partial charge on any atom is 0.243 e. The van der Waals surface area contributed by atoms with Gasteiger partial charge in [-0.3, -0.25) is 19.7 Å². The third-order valence-corrected chi connectivity index (χ3v) is 11.1. The number of likely N-dealkylation sites (tertiary alicyclic amines) is 1. The van der Waals surface area contributed by atoms with E-state index in [0.29, 0.717) is 43.1 Å². The van der Waals surface area contributed by atoms with Gasteiger partial charge in [0, 0.05) is 44.7 Å². The standard InChI is InChI=1S/C39H49N9O5S/c1-23(25-10-12-26(13-11-25)34-24(2)42-22-54-34)43-37(52)31-18-27(49)21-48(31)38(53)35(39(3,4)5)41-20-33(51)47-16-14-46(15-17-47)30-19-29(44-45-36(30)40)28-8-6-7-9-32(28)50/h6-13,19,22-23,27,31,35,41,49-50H,14-18,20-21H2,1-5H3,(H2,40,45)(H,43,52)/t23?,27-,31+,35?/m0/s1. The molecule has 14 nitrogen and oxygen atoms in total. The molecule has 15 heteroatoms. The zero-order chi connectivity index (χ0) is 38.7. The Morgan fingerprint density at radius 2 is 1.74 bits per heavy atom. The van der Waals surface area contributed by atoms with Gasteiger partial charge in [0.1, 0.15) is 11.8 Å². The van der Waals surface area contributed by atoms with Gasteiger partial charge in [0.05, 0.1) is 52.2 Å². The van der Waals surface area contributed by atoms with Crippen molar-refractivity contribution >= 4 is 40.6 Å². The molecule has 6 N–H and O–H groups in total. The van der Waals surface area contributed by atoms with Gasteiger partial charge in [0.15, 0.2) is 5.82 Å². The number of β-amino-alcohol motifs (C(OH)–C–C–N with tert-alkyl or cyclic N) is 1. The summed E-state index contributed by atoms with van der Waals surface area (Å²) in [5, 5.41) is 35.5. The number of phenols is 1. The number of aliphatic hydroxyl groups excluding tert-OH is 1. The van der Waals surface area contributed by atoms with Crippen LogP contribution in [0.15, 0.2) is 60.1 Å². The van der Waals surface area contributed by atoms with Crippen LogP contribution in [-0.4, -0.2) is 110 Å². The predicted octanol–water partition coefficient (Wildman–Crippen LogP) is 3.36. The Morgan fingerprint density at radius 3 is 2.39 bits per heavy atom. The van der Waals surface area contributed by atoms with Crippen molar-refractivity contribution in [3.63, 3.8) is 0 Å². The first-order chi connectivity index (χ1) is 25.7. The normalized spacial score (nSPS) is 18.7. The molecule has 54 heavy (non-hydrogen) atoms. The number of carbonyl (C=O) groups excluding carboxylic acids is 3. The predicted molar refractivity (Wildman–Crippen MR) is 209 cm³/mol. The fourth-order valence-electron chi connectivity index (χ4n) is 7.10. The van der Waals surface area contributed by atoms with Crippen molar-refractivity contribution in [2.45, 2.75) is 65.3 Å². The number of phenolic OH excluding ortho intramolecular Hbond substituents is 1. The second kappa shape index (κ2) is 16.1. The van der Waals surface area contributed by atoms with Crippen LogP contribution < -0.4 is 21.3 Å². The van der Waals surface area contributed by atoms with Gasteiger partial charge >= 0.3 is 0 Å². The maximum atomic E-state index is 14.2. The highest BCUT2D eigenvalue weighted by molar-refractivity contribution is 7.13. The number of hydrogen-bond donors (Lipinski definition) is 5. The Bertz CT molecular complexity index is 1970. The molecule has 286 valence electrons. The number of thiazole rings is 1. The molecule has 3 amide bonds. The van der Waals surface area contributed by atoms with Gasteiger partial charge in [0.25, 0.3) is 0 Å². The number of nitrogens with zero attached hydrogens (tertiary/aromatic N) is 6. The number of piperazine rings is 1. The largest absolute Gasteiger partial charge is 0.507 e. The molecule has 2 aromatic carbocycles. The van der Waals surface area contributed by atoms with Crippen LogP contribution in [0.2, 0.25) is 0 Å². The molecule has 4 atom stereocenters. The second-order valence-electron chi connectivity index (χ2n) is 15.1. The van der Waals surface area contributed by atoms with Gasteiger partial charge < -0.3 is 36.0 Å². The van der Waals surface area contributed by atoms with Gasteiger partial charge in [-0.2, -0.15) is 0 Å². The molecule has 0 radical (unpaired) electrons. The van der Waals surface area contributed by atoms with Crippen LogP contribution in [0, 0.1) is 12.3 Å². The molecule has 4 aromatic rings. The molecule has 2 aliphatic rings. The van der Waals surface area contributed by atoms with Crippen molar-refractivity contribution in [1.82, 2.24) is 35.6 Å². The quantitative estimate of drug-likeness (QED) is 0.160. The number of aliphatic hydroxyl groups is 1. The van der Waals surface area contributed by atoms with E-state index >= 15 is 0 Å². The molecule has 2 aromatic heterocycles. The van der Waals surface area contributed by atoms with Crippen molar-refractivity contribution < 1.29 is 24.6 Å². The molecule has 0 bridgehead atoms.